The molecule has 0 aliphatic heterocycles. The number of nitrogens with zero attached hydrogens (tertiary/aromatic N) is 1. The van der Waals surface area contributed by atoms with Gasteiger partial charge in [-0.1, -0.05) is 58.4 Å². The van der Waals surface area contributed by atoms with Crippen molar-refractivity contribution in [2.24, 2.45) is 0 Å². The number of carbonyl (C=O) groups excluding carboxylic acids is 1. The summed E-state index contributed by atoms with van der Waals surface area (Å²) in [4.78, 5) is 11.8. The van der Waals surface area contributed by atoms with Gasteiger partial charge in [-0.3, -0.25) is 9.10 Å². The van der Waals surface area contributed by atoms with E-state index in [4.69, 9.17) is 0 Å². The fourth-order valence-electron chi connectivity index (χ4n) is 2.06. The fraction of sp³-hybridized carbons (Fsp3) is 0.188. The van der Waals surface area contributed by atoms with Crippen molar-refractivity contribution in [3.8, 4) is 0 Å². The number of Topliss-reactive ketones (excluding diaryl/α,β-unsaturated/α-hetero) is 1. The van der Waals surface area contributed by atoms with E-state index in [0.29, 0.717) is 11.3 Å². The lowest BCUT2D eigenvalue weighted by Gasteiger charge is -2.23. The van der Waals surface area contributed by atoms with Crippen LogP contribution in [-0.4, -0.2) is 25.8 Å². The predicted molar refractivity (Wildman–Crippen MR) is 92.0 cm³/mol. The van der Waals surface area contributed by atoms with Crippen LogP contribution in [0, 0.1) is 0 Å². The Morgan fingerprint density at radius 2 is 1.77 bits per heavy atom. The lowest BCUT2D eigenvalue weighted by atomic mass is 10.1. The first-order valence-corrected chi connectivity index (χ1v) is 9.59. The van der Waals surface area contributed by atoms with Crippen molar-refractivity contribution in [3.05, 3.63) is 65.7 Å². The van der Waals surface area contributed by atoms with Crippen molar-refractivity contribution in [3.63, 3.8) is 0 Å². The summed E-state index contributed by atoms with van der Waals surface area (Å²) in [6.45, 7) is 0.228. The van der Waals surface area contributed by atoms with E-state index in [1.165, 1.54) is 4.31 Å². The van der Waals surface area contributed by atoms with Crippen molar-refractivity contribution in [1.82, 2.24) is 0 Å². The summed E-state index contributed by atoms with van der Waals surface area (Å²) in [5, 5.41) is 0.202. The maximum atomic E-state index is 12.1. The number of rotatable bonds is 6. The molecule has 116 valence electrons. The molecule has 0 atom stereocenters. The second kappa shape index (κ2) is 7.07. The number of anilines is 1. The summed E-state index contributed by atoms with van der Waals surface area (Å²) in [5.41, 5.74) is 1.85. The molecule has 0 aliphatic carbocycles. The molecule has 22 heavy (non-hydrogen) atoms. The molecule has 0 N–H and O–H groups in total. The van der Waals surface area contributed by atoms with Gasteiger partial charge >= 0.3 is 0 Å². The van der Waals surface area contributed by atoms with E-state index in [2.05, 4.69) is 15.9 Å². The van der Waals surface area contributed by atoms with E-state index in [9.17, 15) is 13.2 Å². The molecule has 0 saturated carbocycles. The zero-order valence-electron chi connectivity index (χ0n) is 12.1. The van der Waals surface area contributed by atoms with Gasteiger partial charge in [0, 0.05) is 5.56 Å². The molecule has 0 saturated heterocycles. The van der Waals surface area contributed by atoms with Crippen LogP contribution in [0.2, 0.25) is 0 Å². The lowest BCUT2D eigenvalue weighted by molar-refractivity contribution is 0.102. The third-order valence-corrected chi connectivity index (χ3v) is 4.80. The zero-order chi connectivity index (χ0) is 16.2. The maximum absolute atomic E-state index is 12.1. The van der Waals surface area contributed by atoms with Gasteiger partial charge < -0.3 is 0 Å². The van der Waals surface area contributed by atoms with Gasteiger partial charge in [0.1, 0.15) is 0 Å². The Hall–Kier alpha value is -1.66. The molecule has 0 unspecified atom stereocenters. The number of hydrogen-bond acceptors (Lipinski definition) is 3. The van der Waals surface area contributed by atoms with E-state index in [-0.39, 0.29) is 17.7 Å². The second-order valence-corrected chi connectivity index (χ2v) is 7.33. The number of benzene rings is 2. The molecule has 2 aromatic carbocycles. The van der Waals surface area contributed by atoms with Gasteiger partial charge in [0.2, 0.25) is 10.0 Å². The summed E-state index contributed by atoms with van der Waals surface area (Å²) in [6, 6.07) is 16.0. The monoisotopic (exact) mass is 381 g/mol. The summed E-state index contributed by atoms with van der Waals surface area (Å²) in [6.07, 6.45) is 1.16. The van der Waals surface area contributed by atoms with Crippen LogP contribution in [0.4, 0.5) is 5.69 Å². The van der Waals surface area contributed by atoms with Crippen molar-refractivity contribution in [1.29, 1.82) is 0 Å². The highest BCUT2D eigenvalue weighted by Gasteiger charge is 2.19. The highest BCUT2D eigenvalue weighted by atomic mass is 79.9. The Morgan fingerprint density at radius 3 is 2.36 bits per heavy atom. The van der Waals surface area contributed by atoms with Gasteiger partial charge in [0.05, 0.1) is 23.8 Å². The molecule has 0 aliphatic rings. The van der Waals surface area contributed by atoms with Crippen LogP contribution in [0.5, 0.6) is 0 Å². The average Bonchev–Trinajstić information content (AvgIpc) is 2.52. The quantitative estimate of drug-likeness (QED) is 0.570. The molecule has 0 fully saturated rings. The van der Waals surface area contributed by atoms with E-state index in [1.807, 2.05) is 30.3 Å². The molecular formula is C16H16BrNO3S. The van der Waals surface area contributed by atoms with E-state index in [0.717, 1.165) is 11.8 Å². The number of hydrogen-bond donors (Lipinski definition) is 0. The van der Waals surface area contributed by atoms with E-state index in [1.54, 1.807) is 24.3 Å². The first kappa shape index (κ1) is 16.7. The van der Waals surface area contributed by atoms with Gasteiger partial charge in [0.15, 0.2) is 5.78 Å². The summed E-state index contributed by atoms with van der Waals surface area (Å²) >= 11 is 3.12. The molecule has 0 spiro atoms. The number of sulfonamides is 1. The molecule has 0 heterocycles. The summed E-state index contributed by atoms with van der Waals surface area (Å²) in [7, 11) is -3.46. The molecule has 0 bridgehead atoms. The number of halogens is 1. The van der Waals surface area contributed by atoms with Crippen molar-refractivity contribution < 1.29 is 13.2 Å². The Labute approximate surface area is 138 Å². The molecule has 0 radical (unpaired) electrons. The molecular weight excluding hydrogens is 366 g/mol. The van der Waals surface area contributed by atoms with Gasteiger partial charge in [-0.05, 0) is 17.7 Å². The molecule has 2 rings (SSSR count). The largest absolute Gasteiger partial charge is 0.293 e. The molecule has 0 amide bonds. The molecule has 4 nitrogen and oxygen atoms in total. The van der Waals surface area contributed by atoms with Gasteiger partial charge in [0.25, 0.3) is 0 Å². The number of alkyl halides is 1. The molecule has 0 aromatic heterocycles. The van der Waals surface area contributed by atoms with Gasteiger partial charge in [-0.25, -0.2) is 8.42 Å². The van der Waals surface area contributed by atoms with Crippen LogP contribution in [0.1, 0.15) is 15.9 Å². The highest BCUT2D eigenvalue weighted by molar-refractivity contribution is 9.09. The summed E-state index contributed by atoms with van der Waals surface area (Å²) < 4.78 is 25.5. The van der Waals surface area contributed by atoms with Crippen LogP contribution < -0.4 is 4.31 Å². The topological polar surface area (TPSA) is 54.5 Å². The Morgan fingerprint density at radius 1 is 1.09 bits per heavy atom. The van der Waals surface area contributed by atoms with E-state index >= 15 is 0 Å². The normalized spacial score (nSPS) is 11.2. The first-order chi connectivity index (χ1) is 10.4. The smallest absolute Gasteiger partial charge is 0.232 e. The van der Waals surface area contributed by atoms with Crippen molar-refractivity contribution >= 4 is 37.4 Å². The lowest BCUT2D eigenvalue weighted by Crippen LogP contribution is -2.29. The van der Waals surface area contributed by atoms with Crippen LogP contribution in [0.3, 0.4) is 0 Å². The van der Waals surface area contributed by atoms with Crippen LogP contribution >= 0.6 is 15.9 Å². The first-order valence-electron chi connectivity index (χ1n) is 6.62. The maximum Gasteiger partial charge on any atom is 0.232 e. The Kier molecular flexibility index (Phi) is 5.37. The summed E-state index contributed by atoms with van der Waals surface area (Å²) in [5.74, 6) is -0.0880. The van der Waals surface area contributed by atoms with Crippen LogP contribution in [0.15, 0.2) is 54.6 Å². The fourth-order valence-corrected chi connectivity index (χ4v) is 3.26. The van der Waals surface area contributed by atoms with E-state index < -0.39 is 10.0 Å². The third-order valence-electron chi connectivity index (χ3n) is 3.15. The van der Waals surface area contributed by atoms with Crippen molar-refractivity contribution in [2.75, 3.05) is 15.9 Å². The minimum absolute atomic E-state index is 0.0880. The van der Waals surface area contributed by atoms with Gasteiger partial charge in [-0.15, -0.1) is 0 Å². The number of carbonyl (C=O) groups is 1. The molecule has 2 aromatic rings. The minimum Gasteiger partial charge on any atom is -0.293 e. The van der Waals surface area contributed by atoms with Gasteiger partial charge in [-0.2, -0.15) is 0 Å². The Balaban J connectivity index is 2.40. The highest BCUT2D eigenvalue weighted by Crippen LogP contribution is 2.22. The zero-order valence-corrected chi connectivity index (χ0v) is 14.5. The third kappa shape index (κ3) is 4.18. The van der Waals surface area contributed by atoms with Crippen molar-refractivity contribution in [2.45, 2.75) is 6.54 Å². The average molecular weight is 382 g/mol. The predicted octanol–water partition coefficient (Wildman–Crippen LogP) is 3.23. The second-order valence-electron chi connectivity index (χ2n) is 4.86. The molecule has 6 heteroatoms. The van der Waals surface area contributed by atoms with Crippen LogP contribution in [0.25, 0.3) is 0 Å². The SMILES string of the molecule is CS(=O)(=O)N(Cc1ccccc1)c1cccc(C(=O)CBr)c1. The minimum atomic E-state index is -3.46. The van der Waals surface area contributed by atoms with Crippen LogP contribution in [-0.2, 0) is 16.6 Å². The number of ketones is 1. The standard InChI is InChI=1S/C16H16BrNO3S/c1-22(20,21)18(12-13-6-3-2-4-7-13)15-9-5-8-14(10-15)16(19)11-17/h2-10H,11-12H2,1H3. The Bertz CT molecular complexity index is 760.